The summed E-state index contributed by atoms with van der Waals surface area (Å²) in [4.78, 5) is 19.7. The van der Waals surface area contributed by atoms with Crippen molar-refractivity contribution in [2.45, 2.75) is 84.3 Å². The number of guanidine groups is 1. The third-order valence-electron chi connectivity index (χ3n) is 7.84. The minimum Gasteiger partial charge on any atom is -0.370 e. The maximum atomic E-state index is 11.9. The number of carbonyl (C=O) groups excluding carboxylic acids is 1. The van der Waals surface area contributed by atoms with Gasteiger partial charge in [-0.05, 0) is 79.8 Å². The number of nitrogens with zero attached hydrogens (tertiary/aromatic N) is 2. The van der Waals surface area contributed by atoms with Crippen molar-refractivity contribution in [3.63, 3.8) is 0 Å². The summed E-state index contributed by atoms with van der Waals surface area (Å²) < 4.78 is 0. The molecule has 1 saturated heterocycles. The summed E-state index contributed by atoms with van der Waals surface area (Å²) in [6.07, 6.45) is 3.61. The maximum absolute atomic E-state index is 11.9. The Bertz CT molecular complexity index is 1170. The first kappa shape index (κ1) is 29.7. The first-order chi connectivity index (χ1) is 18.4. The van der Waals surface area contributed by atoms with Gasteiger partial charge in [-0.15, -0.1) is 0 Å². The summed E-state index contributed by atoms with van der Waals surface area (Å²) >= 11 is 12.6. The van der Waals surface area contributed by atoms with E-state index in [1.165, 1.54) is 6.42 Å². The summed E-state index contributed by atoms with van der Waals surface area (Å²) in [5.74, 6) is 0.961. The van der Waals surface area contributed by atoms with Crippen LogP contribution >= 0.6 is 23.2 Å². The molecule has 212 valence electrons. The molecule has 1 saturated carbocycles. The van der Waals surface area contributed by atoms with Gasteiger partial charge in [-0.3, -0.25) is 4.79 Å². The molecule has 2 aromatic carbocycles. The molecule has 1 aliphatic carbocycles. The lowest BCUT2D eigenvalue weighted by Gasteiger charge is -2.40. The van der Waals surface area contributed by atoms with Gasteiger partial charge in [-0.2, -0.15) is 0 Å². The van der Waals surface area contributed by atoms with Gasteiger partial charge in [0.15, 0.2) is 5.96 Å². The molecular formula is C31H43Cl2N5O. The van der Waals surface area contributed by atoms with E-state index in [1.54, 1.807) is 12.1 Å². The van der Waals surface area contributed by atoms with Crippen molar-refractivity contribution in [3.05, 3.63) is 63.6 Å². The zero-order valence-electron chi connectivity index (χ0n) is 23.8. The van der Waals surface area contributed by atoms with E-state index in [9.17, 15) is 4.79 Å². The molecule has 1 heterocycles. The van der Waals surface area contributed by atoms with Gasteiger partial charge in [0.25, 0.3) is 0 Å². The maximum Gasteiger partial charge on any atom is 0.218 e. The van der Waals surface area contributed by atoms with E-state index >= 15 is 0 Å². The van der Waals surface area contributed by atoms with Gasteiger partial charge in [0.1, 0.15) is 0 Å². The fourth-order valence-electron chi connectivity index (χ4n) is 6.58. The van der Waals surface area contributed by atoms with Crippen LogP contribution in [-0.2, 0) is 4.79 Å². The zero-order valence-corrected chi connectivity index (χ0v) is 25.3. The summed E-state index contributed by atoms with van der Waals surface area (Å²) in [7, 11) is 0. The number of nitrogens with two attached hydrogens (primary N) is 1. The van der Waals surface area contributed by atoms with Gasteiger partial charge in [0.2, 0.25) is 5.91 Å². The molecule has 4 rings (SSSR count). The lowest BCUT2D eigenvalue weighted by Crippen LogP contribution is -2.57. The van der Waals surface area contributed by atoms with Crippen LogP contribution < -0.4 is 16.4 Å². The Balaban J connectivity index is 1.61. The second-order valence-corrected chi connectivity index (χ2v) is 13.4. The highest BCUT2D eigenvalue weighted by molar-refractivity contribution is 6.35. The van der Waals surface area contributed by atoms with E-state index < -0.39 is 0 Å². The van der Waals surface area contributed by atoms with Crippen molar-refractivity contribution in [2.24, 2.45) is 22.1 Å². The molecule has 1 aliphatic heterocycles. The van der Waals surface area contributed by atoms with E-state index in [1.807, 2.05) is 30.3 Å². The molecule has 0 aromatic heterocycles. The van der Waals surface area contributed by atoms with Crippen molar-refractivity contribution in [1.29, 1.82) is 0 Å². The van der Waals surface area contributed by atoms with Crippen LogP contribution in [0.1, 0.15) is 77.3 Å². The normalized spacial score (nSPS) is 26.2. The van der Waals surface area contributed by atoms with Crippen molar-refractivity contribution in [2.75, 3.05) is 18.4 Å². The molecule has 0 radical (unpaired) electrons. The number of carbonyl (C=O) groups is 1. The standard InChI is InChI=1S/C31H43Cl2N5O/c1-19-12-25(16-31(4,5)15-19)37-30(38-17-20(2)35-21(3)18-38)36-24-9-6-22(7-10-24)27(14-29(34)39)26-11-8-23(32)13-28(26)33/h6-11,13,19-21,25,27,35H,12,14-18H2,1-5H3,(H2,34,39)(H,36,37)/t19?,20-,21+,25?,27?. The average Bonchev–Trinajstić information content (AvgIpc) is 2.81. The van der Waals surface area contributed by atoms with Crippen LogP contribution in [0.4, 0.5) is 5.69 Å². The van der Waals surface area contributed by atoms with Crippen molar-refractivity contribution >= 4 is 40.8 Å². The number of aliphatic imine (C=N–C) groups is 1. The van der Waals surface area contributed by atoms with Gasteiger partial charge < -0.3 is 21.3 Å². The van der Waals surface area contributed by atoms with E-state index in [0.29, 0.717) is 33.5 Å². The fraction of sp³-hybridized carbons (Fsp3) is 0.548. The monoisotopic (exact) mass is 571 g/mol. The van der Waals surface area contributed by atoms with E-state index in [2.05, 4.69) is 50.2 Å². The summed E-state index contributed by atoms with van der Waals surface area (Å²) in [5, 5.41) is 8.37. The quantitative estimate of drug-likeness (QED) is 0.267. The Labute approximate surface area is 243 Å². The third-order valence-corrected chi connectivity index (χ3v) is 8.40. The predicted octanol–water partition coefficient (Wildman–Crippen LogP) is 6.67. The van der Waals surface area contributed by atoms with Crippen LogP contribution in [0.15, 0.2) is 47.5 Å². The highest BCUT2D eigenvalue weighted by Crippen LogP contribution is 2.40. The van der Waals surface area contributed by atoms with E-state index in [4.69, 9.17) is 33.9 Å². The van der Waals surface area contributed by atoms with Crippen LogP contribution in [0, 0.1) is 11.3 Å². The number of piperazine rings is 1. The van der Waals surface area contributed by atoms with Crippen LogP contribution in [0.3, 0.4) is 0 Å². The molecule has 8 heteroatoms. The highest BCUT2D eigenvalue weighted by Gasteiger charge is 2.33. The van der Waals surface area contributed by atoms with Crippen molar-refractivity contribution in [3.8, 4) is 0 Å². The fourth-order valence-corrected chi connectivity index (χ4v) is 7.12. The number of hydrogen-bond donors (Lipinski definition) is 3. The molecule has 1 amide bonds. The number of rotatable bonds is 6. The molecule has 6 nitrogen and oxygen atoms in total. The second-order valence-electron chi connectivity index (χ2n) is 12.5. The Morgan fingerprint density at radius 3 is 2.36 bits per heavy atom. The number of nitrogens with one attached hydrogen (secondary N) is 2. The van der Waals surface area contributed by atoms with Crippen LogP contribution in [0.2, 0.25) is 10.0 Å². The molecular weight excluding hydrogens is 529 g/mol. The molecule has 39 heavy (non-hydrogen) atoms. The highest BCUT2D eigenvalue weighted by atomic mass is 35.5. The van der Waals surface area contributed by atoms with Crippen LogP contribution in [0.5, 0.6) is 0 Å². The topological polar surface area (TPSA) is 82.7 Å². The zero-order chi connectivity index (χ0) is 28.3. The lowest BCUT2D eigenvalue weighted by molar-refractivity contribution is -0.118. The number of halogens is 2. The predicted molar refractivity (Wildman–Crippen MR) is 164 cm³/mol. The summed E-state index contributed by atoms with van der Waals surface area (Å²) in [6.45, 7) is 13.3. The molecule has 5 atom stereocenters. The SMILES string of the molecule is CC1CC(/N=C(\Nc2ccc(C(CC(N)=O)c3ccc(Cl)cc3Cl)cc2)N2C[C@@H](C)N[C@@H](C)C2)CC(C)(C)C1. The molecule has 2 fully saturated rings. The second kappa shape index (κ2) is 12.5. The molecule has 2 aliphatic rings. The Morgan fingerprint density at radius 1 is 1.10 bits per heavy atom. The molecule has 4 N–H and O–H groups in total. The molecule has 0 spiro atoms. The molecule has 2 aromatic rings. The number of anilines is 1. The number of amides is 1. The first-order valence-electron chi connectivity index (χ1n) is 14.1. The Morgan fingerprint density at radius 2 is 1.77 bits per heavy atom. The Kier molecular flexibility index (Phi) is 9.51. The lowest BCUT2D eigenvalue weighted by atomic mass is 9.71. The molecule has 0 bridgehead atoms. The van der Waals surface area contributed by atoms with Gasteiger partial charge in [0.05, 0.1) is 6.04 Å². The van der Waals surface area contributed by atoms with Gasteiger partial charge in [-0.25, -0.2) is 4.99 Å². The average molecular weight is 573 g/mol. The minimum atomic E-state index is -0.380. The van der Waals surface area contributed by atoms with Gasteiger partial charge >= 0.3 is 0 Å². The Hall–Kier alpha value is -2.28. The third kappa shape index (κ3) is 8.12. The van der Waals surface area contributed by atoms with E-state index in [0.717, 1.165) is 48.7 Å². The van der Waals surface area contributed by atoms with Gasteiger partial charge in [0, 0.05) is 53.2 Å². The smallest absolute Gasteiger partial charge is 0.218 e. The van der Waals surface area contributed by atoms with Crippen LogP contribution in [-0.4, -0.2) is 48.0 Å². The van der Waals surface area contributed by atoms with Gasteiger partial charge in [-0.1, -0.05) is 62.2 Å². The first-order valence-corrected chi connectivity index (χ1v) is 14.8. The van der Waals surface area contributed by atoms with Crippen LogP contribution in [0.25, 0.3) is 0 Å². The molecule has 3 unspecified atom stereocenters. The van der Waals surface area contributed by atoms with Crippen molar-refractivity contribution in [1.82, 2.24) is 10.2 Å². The number of hydrogen-bond acceptors (Lipinski definition) is 3. The summed E-state index contributed by atoms with van der Waals surface area (Å²) in [5.41, 5.74) is 8.67. The number of primary amides is 1. The largest absolute Gasteiger partial charge is 0.370 e. The van der Waals surface area contributed by atoms with E-state index in [-0.39, 0.29) is 24.3 Å². The van der Waals surface area contributed by atoms with Crippen molar-refractivity contribution < 1.29 is 4.79 Å². The summed E-state index contributed by atoms with van der Waals surface area (Å²) in [6, 6.07) is 14.6. The number of benzene rings is 2. The minimum absolute atomic E-state index is 0.160.